The molecule has 0 fully saturated rings. The minimum Gasteiger partial charge on any atom is -0.480 e. The first kappa shape index (κ1) is 18.0. The van der Waals surface area contributed by atoms with Crippen molar-refractivity contribution < 1.29 is 14.7 Å². The Morgan fingerprint density at radius 2 is 1.88 bits per heavy atom. The molecular weight excluding hydrogens is 352 g/mol. The number of amides is 1. The molecule has 1 aromatic heterocycles. The van der Waals surface area contributed by atoms with Gasteiger partial charge in [-0.05, 0) is 29.1 Å². The quantitative estimate of drug-likeness (QED) is 0.668. The van der Waals surface area contributed by atoms with Crippen molar-refractivity contribution in [2.24, 2.45) is 0 Å². The number of benzene rings is 2. The Bertz CT molecular complexity index is 921. The van der Waals surface area contributed by atoms with Crippen LogP contribution in [0.1, 0.15) is 12.0 Å². The molecule has 1 atom stereocenters. The van der Waals surface area contributed by atoms with Gasteiger partial charge >= 0.3 is 5.97 Å². The van der Waals surface area contributed by atoms with Crippen LogP contribution in [0, 0.1) is 0 Å². The van der Waals surface area contributed by atoms with Gasteiger partial charge in [-0.2, -0.15) is 0 Å². The lowest BCUT2D eigenvalue weighted by molar-refractivity contribution is -0.141. The van der Waals surface area contributed by atoms with E-state index in [4.69, 9.17) is 11.6 Å². The number of nitrogens with one attached hydrogen (secondary N) is 1. The second-order valence-electron chi connectivity index (χ2n) is 6.11. The molecule has 0 unspecified atom stereocenters. The van der Waals surface area contributed by atoms with Crippen LogP contribution >= 0.6 is 11.6 Å². The third-order valence-electron chi connectivity index (χ3n) is 4.23. The molecule has 5 nitrogen and oxygen atoms in total. The van der Waals surface area contributed by atoms with Gasteiger partial charge in [0.2, 0.25) is 5.91 Å². The van der Waals surface area contributed by atoms with Crippen LogP contribution in [-0.4, -0.2) is 27.6 Å². The highest BCUT2D eigenvalue weighted by Crippen LogP contribution is 2.20. The Labute approximate surface area is 156 Å². The monoisotopic (exact) mass is 370 g/mol. The van der Waals surface area contributed by atoms with Crippen LogP contribution in [0.5, 0.6) is 0 Å². The molecule has 3 aromatic rings. The van der Waals surface area contributed by atoms with Crippen LogP contribution in [0.2, 0.25) is 5.02 Å². The number of carbonyl (C=O) groups is 2. The Morgan fingerprint density at radius 1 is 1.12 bits per heavy atom. The summed E-state index contributed by atoms with van der Waals surface area (Å²) in [5.74, 6) is -1.34. The minimum atomic E-state index is -1.04. The van der Waals surface area contributed by atoms with E-state index >= 15 is 0 Å². The first-order valence-corrected chi connectivity index (χ1v) is 8.71. The first-order valence-electron chi connectivity index (χ1n) is 8.33. The molecule has 2 N–H and O–H groups in total. The zero-order valence-corrected chi connectivity index (χ0v) is 14.8. The largest absolute Gasteiger partial charge is 0.480 e. The zero-order chi connectivity index (χ0) is 18.5. The summed E-state index contributed by atoms with van der Waals surface area (Å²) in [7, 11) is 0. The van der Waals surface area contributed by atoms with E-state index in [0.29, 0.717) is 11.6 Å². The Hall–Kier alpha value is -2.79. The summed E-state index contributed by atoms with van der Waals surface area (Å²) in [6, 6.07) is 15.9. The van der Waals surface area contributed by atoms with E-state index in [1.54, 1.807) is 0 Å². The van der Waals surface area contributed by atoms with Crippen LogP contribution < -0.4 is 5.32 Å². The molecule has 0 saturated carbocycles. The van der Waals surface area contributed by atoms with Gasteiger partial charge in [0.05, 0.1) is 0 Å². The number of rotatable bonds is 7. The van der Waals surface area contributed by atoms with Crippen LogP contribution in [-0.2, 0) is 22.6 Å². The lowest BCUT2D eigenvalue weighted by Crippen LogP contribution is -2.42. The Balaban J connectivity index is 1.61. The Morgan fingerprint density at radius 3 is 2.62 bits per heavy atom. The number of carbonyl (C=O) groups excluding carboxylic acids is 1. The van der Waals surface area contributed by atoms with E-state index in [0.717, 1.165) is 16.5 Å². The summed E-state index contributed by atoms with van der Waals surface area (Å²) >= 11 is 6.03. The molecule has 1 heterocycles. The van der Waals surface area contributed by atoms with Crippen molar-refractivity contribution in [3.8, 4) is 0 Å². The number of nitrogens with zero attached hydrogens (tertiary/aromatic N) is 1. The highest BCUT2D eigenvalue weighted by molar-refractivity contribution is 6.31. The molecule has 0 aliphatic carbocycles. The van der Waals surface area contributed by atoms with Crippen LogP contribution in [0.3, 0.4) is 0 Å². The van der Waals surface area contributed by atoms with Gasteiger partial charge < -0.3 is 15.0 Å². The number of aliphatic carboxylic acids is 1. The third kappa shape index (κ3) is 4.43. The van der Waals surface area contributed by atoms with E-state index in [1.807, 2.05) is 65.4 Å². The highest BCUT2D eigenvalue weighted by atomic mass is 35.5. The molecule has 0 saturated heterocycles. The summed E-state index contributed by atoms with van der Waals surface area (Å²) in [6.07, 6.45) is 2.34. The van der Waals surface area contributed by atoms with Crippen LogP contribution in [0.4, 0.5) is 0 Å². The van der Waals surface area contributed by atoms with Gasteiger partial charge in [0.15, 0.2) is 0 Å². The molecule has 1 amide bonds. The average molecular weight is 371 g/mol. The zero-order valence-electron chi connectivity index (χ0n) is 14.1. The van der Waals surface area contributed by atoms with E-state index in [1.165, 1.54) is 0 Å². The molecule has 2 aromatic carbocycles. The molecule has 0 aliphatic heterocycles. The number of fused-ring (bicyclic) bond motifs is 1. The molecule has 0 spiro atoms. The van der Waals surface area contributed by atoms with Crippen LogP contribution in [0.15, 0.2) is 60.8 Å². The fraction of sp³-hybridized carbons (Fsp3) is 0.200. The maximum absolute atomic E-state index is 12.2. The molecule has 26 heavy (non-hydrogen) atoms. The van der Waals surface area contributed by atoms with E-state index in [-0.39, 0.29) is 18.7 Å². The normalized spacial score (nSPS) is 12.0. The van der Waals surface area contributed by atoms with Crippen molar-refractivity contribution in [1.29, 1.82) is 0 Å². The van der Waals surface area contributed by atoms with Gasteiger partial charge in [0, 0.05) is 36.1 Å². The number of hydrogen-bond acceptors (Lipinski definition) is 2. The smallest absolute Gasteiger partial charge is 0.326 e. The standard InChI is InChI=1S/C20H19ClN2O3/c21-16-7-6-15-8-10-23(18(15)13-16)11-9-19(24)22-17(20(25)26)12-14-4-2-1-3-5-14/h1-8,10,13,17H,9,11-12H2,(H,22,24)(H,25,26)/t17-/m0/s1. The molecule has 6 heteroatoms. The fourth-order valence-corrected chi connectivity index (χ4v) is 3.06. The van der Waals surface area contributed by atoms with Crippen LogP contribution in [0.25, 0.3) is 10.9 Å². The van der Waals surface area contributed by atoms with Gasteiger partial charge in [0.25, 0.3) is 0 Å². The predicted octanol–water partition coefficient (Wildman–Crippen LogP) is 3.50. The van der Waals surface area contributed by atoms with E-state index in [9.17, 15) is 14.7 Å². The maximum atomic E-state index is 12.2. The highest BCUT2D eigenvalue weighted by Gasteiger charge is 2.20. The van der Waals surface area contributed by atoms with Crippen molar-refractivity contribution in [3.63, 3.8) is 0 Å². The topological polar surface area (TPSA) is 71.3 Å². The second kappa shape index (κ2) is 8.06. The van der Waals surface area contributed by atoms with Crippen molar-refractivity contribution in [1.82, 2.24) is 9.88 Å². The van der Waals surface area contributed by atoms with E-state index < -0.39 is 12.0 Å². The lowest BCUT2D eigenvalue weighted by Gasteiger charge is -2.15. The minimum absolute atomic E-state index is 0.189. The summed E-state index contributed by atoms with van der Waals surface area (Å²) < 4.78 is 1.94. The van der Waals surface area contributed by atoms with Crippen molar-refractivity contribution >= 4 is 34.4 Å². The number of hydrogen-bond donors (Lipinski definition) is 2. The van der Waals surface area contributed by atoms with Gasteiger partial charge in [-0.25, -0.2) is 4.79 Å². The summed E-state index contributed by atoms with van der Waals surface area (Å²) in [5, 5.41) is 13.7. The number of carboxylic acids is 1. The summed E-state index contributed by atoms with van der Waals surface area (Å²) in [5.41, 5.74) is 1.82. The van der Waals surface area contributed by atoms with Gasteiger partial charge in [-0.15, -0.1) is 0 Å². The predicted molar refractivity (Wildman–Crippen MR) is 101 cm³/mol. The molecular formula is C20H19ClN2O3. The third-order valence-corrected chi connectivity index (χ3v) is 4.47. The molecule has 134 valence electrons. The average Bonchev–Trinajstić information content (AvgIpc) is 3.02. The maximum Gasteiger partial charge on any atom is 0.326 e. The number of halogens is 1. The lowest BCUT2D eigenvalue weighted by atomic mass is 10.1. The number of aromatic nitrogens is 1. The van der Waals surface area contributed by atoms with Gasteiger partial charge in [0.1, 0.15) is 6.04 Å². The molecule has 0 aliphatic rings. The Kier molecular flexibility index (Phi) is 5.58. The number of carboxylic acid groups (broad SMARTS) is 1. The van der Waals surface area contributed by atoms with Crippen molar-refractivity contribution in [3.05, 3.63) is 71.4 Å². The second-order valence-corrected chi connectivity index (χ2v) is 6.55. The number of aryl methyl sites for hydroxylation is 1. The summed E-state index contributed by atoms with van der Waals surface area (Å²) in [6.45, 7) is 0.452. The SMILES string of the molecule is O=C(CCn1ccc2ccc(Cl)cc21)N[C@@H](Cc1ccccc1)C(=O)O. The van der Waals surface area contributed by atoms with E-state index in [2.05, 4.69) is 5.32 Å². The van der Waals surface area contributed by atoms with Gasteiger partial charge in [-0.1, -0.05) is 48.0 Å². The molecule has 3 rings (SSSR count). The van der Waals surface area contributed by atoms with Crippen molar-refractivity contribution in [2.45, 2.75) is 25.4 Å². The molecule has 0 bridgehead atoms. The van der Waals surface area contributed by atoms with Crippen molar-refractivity contribution in [2.75, 3.05) is 0 Å². The summed E-state index contributed by atoms with van der Waals surface area (Å²) in [4.78, 5) is 23.7. The fourth-order valence-electron chi connectivity index (χ4n) is 2.89. The molecule has 0 radical (unpaired) electrons. The van der Waals surface area contributed by atoms with Gasteiger partial charge in [-0.3, -0.25) is 4.79 Å². The first-order chi connectivity index (χ1) is 12.5.